The van der Waals surface area contributed by atoms with Crippen molar-refractivity contribution >= 4 is 9.84 Å². The minimum absolute atomic E-state index is 0.122. The summed E-state index contributed by atoms with van der Waals surface area (Å²) in [4.78, 5) is 7.18. The fraction of sp³-hybridized carbons (Fsp3) is 0.348. The fourth-order valence-electron chi connectivity index (χ4n) is 3.79. The molecule has 0 amide bonds. The van der Waals surface area contributed by atoms with E-state index in [9.17, 15) is 13.5 Å². The van der Waals surface area contributed by atoms with Crippen molar-refractivity contribution in [2.45, 2.75) is 36.8 Å². The van der Waals surface area contributed by atoms with Gasteiger partial charge in [-0.2, -0.15) is 0 Å². The summed E-state index contributed by atoms with van der Waals surface area (Å²) in [6.07, 6.45) is 4.07. The second kappa shape index (κ2) is 8.34. The van der Waals surface area contributed by atoms with Crippen LogP contribution in [0.15, 0.2) is 64.1 Å². The maximum absolute atomic E-state index is 11.6. The number of sulfone groups is 1. The number of rotatable bonds is 6. The molecule has 6 nitrogen and oxygen atoms in total. The number of nitrogens with zero attached hydrogens (tertiary/aromatic N) is 2. The molecule has 1 saturated heterocycles. The van der Waals surface area contributed by atoms with Crippen LogP contribution in [0.5, 0.6) is 0 Å². The van der Waals surface area contributed by atoms with E-state index >= 15 is 0 Å². The molecule has 0 spiro atoms. The number of hydrogen-bond donors (Lipinski definition) is 1. The smallest absolute Gasteiger partial charge is 0.198 e. The summed E-state index contributed by atoms with van der Waals surface area (Å²) in [6.45, 7) is 3.64. The van der Waals surface area contributed by atoms with Gasteiger partial charge in [-0.15, -0.1) is 0 Å². The first-order valence-corrected chi connectivity index (χ1v) is 11.9. The van der Waals surface area contributed by atoms with Gasteiger partial charge in [-0.05, 0) is 42.2 Å². The van der Waals surface area contributed by atoms with Gasteiger partial charge in [0.15, 0.2) is 15.7 Å². The van der Waals surface area contributed by atoms with Crippen LogP contribution in [-0.4, -0.2) is 48.9 Å². The van der Waals surface area contributed by atoms with Gasteiger partial charge in [0, 0.05) is 25.8 Å². The van der Waals surface area contributed by atoms with Crippen molar-refractivity contribution in [1.82, 2.24) is 9.88 Å². The molecule has 7 heteroatoms. The van der Waals surface area contributed by atoms with Crippen LogP contribution in [0.4, 0.5) is 0 Å². The Balaban J connectivity index is 1.42. The Bertz CT molecular complexity index is 1100. The lowest BCUT2D eigenvalue weighted by molar-refractivity contribution is 0.162. The third-order valence-corrected chi connectivity index (χ3v) is 6.79. The molecule has 0 saturated carbocycles. The average Bonchev–Trinajstić information content (AvgIpc) is 3.37. The van der Waals surface area contributed by atoms with Gasteiger partial charge in [0.2, 0.25) is 0 Å². The third kappa shape index (κ3) is 4.64. The van der Waals surface area contributed by atoms with Gasteiger partial charge in [0.1, 0.15) is 6.26 Å². The van der Waals surface area contributed by atoms with Gasteiger partial charge in [-0.1, -0.05) is 36.4 Å². The maximum atomic E-state index is 11.6. The molecule has 1 aromatic heterocycles. The molecule has 2 atom stereocenters. The summed E-state index contributed by atoms with van der Waals surface area (Å²) in [5.74, 6) is 0.668. The maximum Gasteiger partial charge on any atom is 0.198 e. The van der Waals surface area contributed by atoms with Gasteiger partial charge >= 0.3 is 0 Å². The zero-order valence-electron chi connectivity index (χ0n) is 17.2. The molecular weight excluding hydrogens is 400 g/mol. The van der Waals surface area contributed by atoms with Crippen molar-refractivity contribution in [3.05, 3.63) is 71.9 Å². The summed E-state index contributed by atoms with van der Waals surface area (Å²) in [6, 6.07) is 15.1. The van der Waals surface area contributed by atoms with Crippen LogP contribution in [-0.2, 0) is 16.3 Å². The van der Waals surface area contributed by atoms with Crippen molar-refractivity contribution in [2.24, 2.45) is 0 Å². The highest BCUT2D eigenvalue weighted by Crippen LogP contribution is 2.26. The number of aromatic nitrogens is 1. The second-order valence-electron chi connectivity index (χ2n) is 7.95. The van der Waals surface area contributed by atoms with Crippen LogP contribution < -0.4 is 0 Å². The summed E-state index contributed by atoms with van der Waals surface area (Å²) < 4.78 is 28.9. The summed E-state index contributed by atoms with van der Waals surface area (Å²) in [7, 11) is -3.19. The fourth-order valence-corrected chi connectivity index (χ4v) is 4.42. The van der Waals surface area contributed by atoms with Crippen molar-refractivity contribution in [2.75, 3.05) is 19.3 Å². The monoisotopic (exact) mass is 426 g/mol. The molecule has 1 N–H and O–H groups in total. The van der Waals surface area contributed by atoms with Crippen molar-refractivity contribution < 1.29 is 17.9 Å². The second-order valence-corrected chi connectivity index (χ2v) is 9.97. The molecule has 0 bridgehead atoms. The number of benzene rings is 2. The molecule has 158 valence electrons. The van der Waals surface area contributed by atoms with E-state index in [2.05, 4.69) is 16.8 Å². The zero-order valence-corrected chi connectivity index (χ0v) is 18.0. The SMILES string of the molecule is CC(c1coc(Cc2ccc(-c3ccc(S(C)(=O)=O)cc3)cc2)n1)N1CC[C@H](O)C1. The molecule has 2 heterocycles. The van der Waals surface area contributed by atoms with E-state index in [4.69, 9.17) is 4.42 Å². The minimum Gasteiger partial charge on any atom is -0.448 e. The Morgan fingerprint density at radius 3 is 2.33 bits per heavy atom. The van der Waals surface area contributed by atoms with Gasteiger partial charge < -0.3 is 9.52 Å². The third-order valence-electron chi connectivity index (χ3n) is 5.67. The van der Waals surface area contributed by atoms with E-state index < -0.39 is 9.84 Å². The molecule has 0 radical (unpaired) electrons. The van der Waals surface area contributed by atoms with Crippen LogP contribution in [0, 0.1) is 0 Å². The average molecular weight is 427 g/mol. The number of β-amino-alcohol motifs (C(OH)–C–C–N with tert-alkyl or cyclic N) is 1. The van der Waals surface area contributed by atoms with Crippen LogP contribution in [0.2, 0.25) is 0 Å². The number of aliphatic hydroxyl groups is 1. The molecule has 3 aromatic rings. The lowest BCUT2D eigenvalue weighted by Crippen LogP contribution is -2.25. The summed E-state index contributed by atoms with van der Waals surface area (Å²) >= 11 is 0. The molecule has 1 unspecified atom stereocenters. The molecular formula is C23H26N2O4S. The summed E-state index contributed by atoms with van der Waals surface area (Å²) in [5.41, 5.74) is 3.97. The quantitative estimate of drug-likeness (QED) is 0.650. The van der Waals surface area contributed by atoms with E-state index in [-0.39, 0.29) is 12.1 Å². The van der Waals surface area contributed by atoms with E-state index in [1.54, 1.807) is 18.4 Å². The Morgan fingerprint density at radius 1 is 1.13 bits per heavy atom. The standard InChI is InChI=1S/C23H26N2O4S/c1-16(25-12-11-20(26)14-25)22-15-29-23(24-22)13-17-3-5-18(6-4-17)19-7-9-21(10-8-19)30(2,27)28/h3-10,15-16,20,26H,11-14H2,1-2H3/t16?,20-/m0/s1. The topological polar surface area (TPSA) is 83.6 Å². The summed E-state index contributed by atoms with van der Waals surface area (Å²) in [5, 5.41) is 9.74. The lowest BCUT2D eigenvalue weighted by atomic mass is 10.0. The first-order valence-electron chi connectivity index (χ1n) is 10.1. The van der Waals surface area contributed by atoms with Gasteiger partial charge in [0.05, 0.1) is 22.7 Å². The molecule has 0 aliphatic carbocycles. The van der Waals surface area contributed by atoms with E-state index in [1.807, 2.05) is 36.4 Å². The predicted molar refractivity (Wildman–Crippen MR) is 115 cm³/mol. The number of aliphatic hydroxyl groups excluding tert-OH is 1. The lowest BCUT2D eigenvalue weighted by Gasteiger charge is -2.21. The van der Waals surface area contributed by atoms with E-state index in [0.717, 1.165) is 35.3 Å². The number of likely N-dealkylation sites (tertiary alicyclic amines) is 1. The molecule has 4 rings (SSSR count). The number of oxazole rings is 1. The zero-order chi connectivity index (χ0) is 21.3. The van der Waals surface area contributed by atoms with E-state index in [0.29, 0.717) is 23.8 Å². The molecule has 1 aliphatic heterocycles. The highest BCUT2D eigenvalue weighted by Gasteiger charge is 2.27. The van der Waals surface area contributed by atoms with Crippen LogP contribution >= 0.6 is 0 Å². The first-order chi connectivity index (χ1) is 14.3. The highest BCUT2D eigenvalue weighted by molar-refractivity contribution is 7.90. The van der Waals surface area contributed by atoms with Crippen LogP contribution in [0.1, 0.15) is 36.5 Å². The Labute approximate surface area is 177 Å². The predicted octanol–water partition coefficient (Wildman–Crippen LogP) is 3.46. The number of hydrogen-bond acceptors (Lipinski definition) is 6. The van der Waals surface area contributed by atoms with Crippen molar-refractivity contribution in [1.29, 1.82) is 0 Å². The normalized spacial score (nSPS) is 18.6. The van der Waals surface area contributed by atoms with Crippen molar-refractivity contribution in [3.63, 3.8) is 0 Å². The van der Waals surface area contributed by atoms with Crippen LogP contribution in [0.25, 0.3) is 11.1 Å². The molecule has 30 heavy (non-hydrogen) atoms. The Kier molecular flexibility index (Phi) is 5.77. The van der Waals surface area contributed by atoms with Gasteiger partial charge in [-0.25, -0.2) is 13.4 Å². The Morgan fingerprint density at radius 2 is 1.77 bits per heavy atom. The largest absolute Gasteiger partial charge is 0.448 e. The Hall–Kier alpha value is -2.48. The highest BCUT2D eigenvalue weighted by atomic mass is 32.2. The first kappa shape index (κ1) is 20.8. The molecule has 1 fully saturated rings. The van der Waals surface area contributed by atoms with E-state index in [1.165, 1.54) is 6.26 Å². The molecule has 1 aliphatic rings. The van der Waals surface area contributed by atoms with Crippen LogP contribution in [0.3, 0.4) is 0 Å². The van der Waals surface area contributed by atoms with Crippen molar-refractivity contribution in [3.8, 4) is 11.1 Å². The molecule has 2 aromatic carbocycles. The van der Waals surface area contributed by atoms with Gasteiger partial charge in [-0.3, -0.25) is 4.90 Å². The van der Waals surface area contributed by atoms with Gasteiger partial charge in [0.25, 0.3) is 0 Å². The minimum atomic E-state index is -3.19.